The number of halogens is 2. The Morgan fingerprint density at radius 1 is 1.00 bits per heavy atom. The molecular formula is C21H24Cl2N2O2. The summed E-state index contributed by atoms with van der Waals surface area (Å²) in [6, 6.07) is 13.9. The Morgan fingerprint density at radius 3 is 2.11 bits per heavy atom. The van der Waals surface area contributed by atoms with Crippen LogP contribution in [0.3, 0.4) is 0 Å². The van der Waals surface area contributed by atoms with E-state index in [1.165, 1.54) is 0 Å². The molecule has 2 amide bonds. The van der Waals surface area contributed by atoms with Crippen LogP contribution < -0.4 is 5.32 Å². The zero-order valence-corrected chi connectivity index (χ0v) is 17.1. The first-order chi connectivity index (χ1) is 12.9. The third-order valence-electron chi connectivity index (χ3n) is 4.31. The average Bonchev–Trinajstić information content (AvgIpc) is 2.66. The smallest absolute Gasteiger partial charge is 0.242 e. The lowest BCUT2D eigenvalue weighted by molar-refractivity contribution is -0.140. The first-order valence-corrected chi connectivity index (χ1v) is 9.73. The Hall–Kier alpha value is -2.04. The third kappa shape index (κ3) is 5.98. The predicted octanol–water partition coefficient (Wildman–Crippen LogP) is 4.48. The van der Waals surface area contributed by atoms with Gasteiger partial charge in [-0.25, -0.2) is 0 Å². The summed E-state index contributed by atoms with van der Waals surface area (Å²) in [7, 11) is 0. The number of nitrogens with zero attached hydrogens (tertiary/aromatic N) is 1. The molecule has 0 spiro atoms. The van der Waals surface area contributed by atoms with Crippen LogP contribution >= 0.6 is 23.2 Å². The van der Waals surface area contributed by atoms with E-state index >= 15 is 0 Å². The number of benzene rings is 2. The summed E-state index contributed by atoms with van der Waals surface area (Å²) in [5, 5.41) is 3.95. The number of nitrogens with one attached hydrogen (secondary N) is 1. The van der Waals surface area contributed by atoms with E-state index in [9.17, 15) is 9.59 Å². The fraction of sp³-hybridized carbons (Fsp3) is 0.333. The van der Waals surface area contributed by atoms with Gasteiger partial charge in [0.25, 0.3) is 0 Å². The monoisotopic (exact) mass is 406 g/mol. The maximum absolute atomic E-state index is 13.0. The van der Waals surface area contributed by atoms with Gasteiger partial charge in [-0.3, -0.25) is 9.59 Å². The zero-order valence-electron chi connectivity index (χ0n) is 15.5. The number of rotatable bonds is 8. The molecule has 1 atom stereocenters. The van der Waals surface area contributed by atoms with E-state index in [1.54, 1.807) is 24.0 Å². The van der Waals surface area contributed by atoms with E-state index in [-0.39, 0.29) is 24.8 Å². The van der Waals surface area contributed by atoms with E-state index in [1.807, 2.05) is 43.3 Å². The van der Waals surface area contributed by atoms with Crippen molar-refractivity contribution in [3.8, 4) is 0 Å². The molecule has 0 heterocycles. The quantitative estimate of drug-likeness (QED) is 0.702. The van der Waals surface area contributed by atoms with Crippen LogP contribution in [0.5, 0.6) is 0 Å². The Bertz CT molecular complexity index is 795. The molecule has 2 aromatic rings. The summed E-state index contributed by atoms with van der Waals surface area (Å²) in [4.78, 5) is 27.1. The molecule has 0 fully saturated rings. The fourth-order valence-corrected chi connectivity index (χ4v) is 3.09. The molecule has 2 rings (SSSR count). The van der Waals surface area contributed by atoms with Crippen LogP contribution in [0.15, 0.2) is 48.5 Å². The second kappa shape index (κ2) is 10.3. The molecule has 0 saturated carbocycles. The number of hydrogen-bond acceptors (Lipinski definition) is 2. The highest BCUT2D eigenvalue weighted by Gasteiger charge is 2.26. The molecule has 144 valence electrons. The molecular weight excluding hydrogens is 383 g/mol. The molecule has 27 heavy (non-hydrogen) atoms. The summed E-state index contributed by atoms with van der Waals surface area (Å²) >= 11 is 12.5. The van der Waals surface area contributed by atoms with Gasteiger partial charge < -0.3 is 10.2 Å². The molecule has 2 aromatic carbocycles. The van der Waals surface area contributed by atoms with Crippen LogP contribution in [0.4, 0.5) is 0 Å². The molecule has 0 aromatic heterocycles. The lowest BCUT2D eigenvalue weighted by Crippen LogP contribution is -2.48. The van der Waals surface area contributed by atoms with Crippen molar-refractivity contribution in [3.63, 3.8) is 0 Å². The lowest BCUT2D eigenvalue weighted by atomic mass is 10.1. The van der Waals surface area contributed by atoms with Gasteiger partial charge in [-0.2, -0.15) is 0 Å². The van der Waals surface area contributed by atoms with Crippen molar-refractivity contribution in [1.82, 2.24) is 10.2 Å². The zero-order chi connectivity index (χ0) is 19.8. The first kappa shape index (κ1) is 21.3. The van der Waals surface area contributed by atoms with Gasteiger partial charge in [0.15, 0.2) is 0 Å². The van der Waals surface area contributed by atoms with Gasteiger partial charge in [-0.15, -0.1) is 0 Å². The van der Waals surface area contributed by atoms with E-state index < -0.39 is 6.04 Å². The van der Waals surface area contributed by atoms with Crippen LogP contribution in [0, 0.1) is 0 Å². The van der Waals surface area contributed by atoms with Crippen molar-refractivity contribution in [2.24, 2.45) is 0 Å². The second-order valence-electron chi connectivity index (χ2n) is 6.35. The summed E-state index contributed by atoms with van der Waals surface area (Å²) in [5.41, 5.74) is 1.52. The van der Waals surface area contributed by atoms with Crippen molar-refractivity contribution in [2.45, 2.75) is 39.3 Å². The molecule has 0 aliphatic rings. The Kier molecular flexibility index (Phi) is 8.14. The Labute approximate surface area is 170 Å². The topological polar surface area (TPSA) is 49.4 Å². The lowest BCUT2D eigenvalue weighted by Gasteiger charge is -2.29. The van der Waals surface area contributed by atoms with E-state index in [4.69, 9.17) is 23.2 Å². The maximum Gasteiger partial charge on any atom is 0.242 e. The minimum absolute atomic E-state index is 0.121. The van der Waals surface area contributed by atoms with Crippen molar-refractivity contribution < 1.29 is 9.59 Å². The molecule has 1 N–H and O–H groups in total. The molecule has 0 radical (unpaired) electrons. The highest BCUT2D eigenvalue weighted by Crippen LogP contribution is 2.21. The number of carbonyl (C=O) groups excluding carboxylic acids is 2. The van der Waals surface area contributed by atoms with Gasteiger partial charge in [0.1, 0.15) is 6.04 Å². The summed E-state index contributed by atoms with van der Waals surface area (Å²) in [6.45, 7) is 4.53. The molecule has 4 nitrogen and oxygen atoms in total. The molecule has 0 aliphatic carbocycles. The number of carbonyl (C=O) groups is 2. The molecule has 0 bridgehead atoms. The largest absolute Gasteiger partial charge is 0.354 e. The molecule has 0 aliphatic heterocycles. The van der Waals surface area contributed by atoms with Crippen LogP contribution in [-0.2, 0) is 22.6 Å². The minimum Gasteiger partial charge on any atom is -0.354 e. The normalized spacial score (nSPS) is 11.7. The highest BCUT2D eigenvalue weighted by atomic mass is 35.5. The third-order valence-corrected chi connectivity index (χ3v) is 5.05. The van der Waals surface area contributed by atoms with Crippen LogP contribution in [0.25, 0.3) is 0 Å². The summed E-state index contributed by atoms with van der Waals surface area (Å²) < 4.78 is 0. The Morgan fingerprint density at radius 2 is 1.56 bits per heavy atom. The van der Waals surface area contributed by atoms with Crippen molar-refractivity contribution in [1.29, 1.82) is 0 Å². The molecule has 6 heteroatoms. The number of amides is 2. The minimum atomic E-state index is -0.622. The van der Waals surface area contributed by atoms with Crippen molar-refractivity contribution in [2.75, 3.05) is 6.54 Å². The van der Waals surface area contributed by atoms with E-state index in [2.05, 4.69) is 5.32 Å². The summed E-state index contributed by atoms with van der Waals surface area (Å²) in [5.74, 6) is -0.362. The van der Waals surface area contributed by atoms with Gasteiger partial charge in [-0.05, 0) is 36.6 Å². The van der Waals surface area contributed by atoms with Gasteiger partial charge in [0.05, 0.1) is 6.42 Å². The van der Waals surface area contributed by atoms with Gasteiger partial charge >= 0.3 is 0 Å². The van der Waals surface area contributed by atoms with Crippen molar-refractivity contribution in [3.05, 3.63) is 69.7 Å². The van der Waals surface area contributed by atoms with Gasteiger partial charge in [-0.1, -0.05) is 66.5 Å². The Balaban J connectivity index is 2.25. The summed E-state index contributed by atoms with van der Waals surface area (Å²) in [6.07, 6.45) is 0.950. The maximum atomic E-state index is 13.0. The standard InChI is InChI=1S/C21H24Cl2N2O2/c1-3-12-24-21(27)15(2)25(14-17-9-5-7-11-19(17)23)20(26)13-16-8-4-6-10-18(16)22/h4-11,15H,3,12-14H2,1-2H3,(H,24,27). The second-order valence-corrected chi connectivity index (χ2v) is 7.16. The van der Waals surface area contributed by atoms with Crippen molar-refractivity contribution >= 4 is 35.0 Å². The predicted molar refractivity (Wildman–Crippen MR) is 110 cm³/mol. The SMILES string of the molecule is CCCNC(=O)C(C)N(Cc1ccccc1Cl)C(=O)Cc1ccccc1Cl. The molecule has 1 unspecified atom stereocenters. The first-order valence-electron chi connectivity index (χ1n) is 8.98. The van der Waals surface area contributed by atoms with Crippen LogP contribution in [0.2, 0.25) is 10.0 Å². The van der Waals surface area contributed by atoms with Crippen LogP contribution in [-0.4, -0.2) is 29.3 Å². The highest BCUT2D eigenvalue weighted by molar-refractivity contribution is 6.31. The fourth-order valence-electron chi connectivity index (χ4n) is 2.69. The van der Waals surface area contributed by atoms with Crippen LogP contribution in [0.1, 0.15) is 31.4 Å². The van der Waals surface area contributed by atoms with Gasteiger partial charge in [0.2, 0.25) is 11.8 Å². The number of hydrogen-bond donors (Lipinski definition) is 1. The van der Waals surface area contributed by atoms with E-state index in [0.29, 0.717) is 16.6 Å². The van der Waals surface area contributed by atoms with Gasteiger partial charge in [0, 0.05) is 23.1 Å². The van der Waals surface area contributed by atoms with E-state index in [0.717, 1.165) is 17.5 Å². The molecule has 0 saturated heterocycles. The average molecular weight is 407 g/mol.